The lowest BCUT2D eigenvalue weighted by molar-refractivity contribution is -0.388. The van der Waals surface area contributed by atoms with Crippen LogP contribution in [0, 0.1) is 10.1 Å². The minimum absolute atomic E-state index is 0.108. The third-order valence-corrected chi connectivity index (χ3v) is 2.94. The van der Waals surface area contributed by atoms with Gasteiger partial charge in [0, 0.05) is 0 Å². The molecule has 0 saturated heterocycles. The van der Waals surface area contributed by atoms with Gasteiger partial charge in [0.05, 0.1) is 11.6 Å². The van der Waals surface area contributed by atoms with Gasteiger partial charge in [-0.15, -0.1) is 0 Å². The van der Waals surface area contributed by atoms with E-state index in [0.29, 0.717) is 5.56 Å². The van der Waals surface area contributed by atoms with Crippen molar-refractivity contribution in [3.8, 4) is 11.1 Å². The summed E-state index contributed by atoms with van der Waals surface area (Å²) >= 11 is 0. The zero-order valence-corrected chi connectivity index (χ0v) is 12.9. The summed E-state index contributed by atoms with van der Waals surface area (Å²) in [6, 6.07) is 12.5. The standard InChI is InChI=1S/C11H8N2O2.C3H7NO2S/c14-13(15)11-10(7-4-8-12-11)9-5-2-1-3-6-9;1-3(2)4-7(5)6/h1-8H;3H,1-2H3. The van der Waals surface area contributed by atoms with E-state index in [1.807, 2.05) is 30.3 Å². The summed E-state index contributed by atoms with van der Waals surface area (Å²) < 4.78 is 22.5. The molecule has 2 aromatic rings. The number of benzene rings is 1. The molecular formula is C14H15N3O4S. The van der Waals surface area contributed by atoms with Crippen LogP contribution in [0.25, 0.3) is 11.1 Å². The molecule has 0 N–H and O–H groups in total. The largest absolute Gasteiger partial charge is 0.371 e. The summed E-state index contributed by atoms with van der Waals surface area (Å²) in [6.45, 7) is 3.41. The molecule has 1 aromatic heterocycles. The third-order valence-electron chi connectivity index (χ3n) is 2.34. The molecular weight excluding hydrogens is 306 g/mol. The van der Waals surface area contributed by atoms with Crippen molar-refractivity contribution in [3.63, 3.8) is 0 Å². The lowest BCUT2D eigenvalue weighted by Gasteiger charge is -2.01. The second kappa shape index (κ2) is 8.63. The number of nitrogens with zero attached hydrogens (tertiary/aromatic N) is 3. The normalized spacial score (nSPS) is 9.59. The molecule has 0 aliphatic carbocycles. The number of rotatable bonds is 3. The predicted molar refractivity (Wildman–Crippen MR) is 82.8 cm³/mol. The highest BCUT2D eigenvalue weighted by Gasteiger charge is 2.14. The SMILES string of the molecule is CC(C)N=S(=O)=O.O=[N+]([O-])c1ncccc1-c1ccccc1. The molecule has 0 aliphatic rings. The molecule has 0 aliphatic heterocycles. The van der Waals surface area contributed by atoms with Gasteiger partial charge >= 0.3 is 16.3 Å². The van der Waals surface area contributed by atoms with Gasteiger partial charge in [0.15, 0.2) is 0 Å². The number of aromatic nitrogens is 1. The van der Waals surface area contributed by atoms with E-state index in [1.165, 1.54) is 6.20 Å². The monoisotopic (exact) mass is 321 g/mol. The van der Waals surface area contributed by atoms with Crippen LogP contribution < -0.4 is 0 Å². The van der Waals surface area contributed by atoms with Crippen LogP contribution >= 0.6 is 0 Å². The number of hydrogen-bond acceptors (Lipinski definition) is 6. The van der Waals surface area contributed by atoms with Gasteiger partial charge in [-0.3, -0.25) is 0 Å². The van der Waals surface area contributed by atoms with Crippen LogP contribution in [-0.4, -0.2) is 24.4 Å². The van der Waals surface area contributed by atoms with Gasteiger partial charge in [0.1, 0.15) is 6.20 Å². The Bertz CT molecular complexity index is 751. The lowest BCUT2D eigenvalue weighted by atomic mass is 10.1. The van der Waals surface area contributed by atoms with E-state index in [4.69, 9.17) is 0 Å². The van der Waals surface area contributed by atoms with Crippen LogP contribution in [0.3, 0.4) is 0 Å². The van der Waals surface area contributed by atoms with Crippen LogP contribution in [0.4, 0.5) is 5.82 Å². The molecule has 0 saturated carbocycles. The fourth-order valence-corrected chi connectivity index (χ4v) is 1.90. The number of nitro groups is 1. The van der Waals surface area contributed by atoms with Crippen molar-refractivity contribution in [2.75, 3.05) is 0 Å². The molecule has 0 unspecified atom stereocenters. The highest BCUT2D eigenvalue weighted by molar-refractivity contribution is 7.61. The molecule has 2 rings (SSSR count). The minimum Gasteiger partial charge on any atom is -0.358 e. The number of pyridine rings is 1. The molecule has 1 heterocycles. The van der Waals surface area contributed by atoms with Gasteiger partial charge in [0.25, 0.3) is 0 Å². The maximum Gasteiger partial charge on any atom is 0.371 e. The maximum absolute atomic E-state index is 10.7. The molecule has 0 radical (unpaired) electrons. The fourth-order valence-electron chi connectivity index (χ4n) is 1.56. The topological polar surface area (TPSA) is 103 Å². The Kier molecular flexibility index (Phi) is 6.84. The van der Waals surface area contributed by atoms with Gasteiger partial charge in [-0.1, -0.05) is 30.3 Å². The van der Waals surface area contributed by atoms with Gasteiger partial charge in [-0.2, -0.15) is 12.8 Å². The first-order valence-corrected chi connectivity index (χ1v) is 7.40. The van der Waals surface area contributed by atoms with Crippen molar-refractivity contribution < 1.29 is 13.3 Å². The average Bonchev–Trinajstić information content (AvgIpc) is 2.47. The van der Waals surface area contributed by atoms with Gasteiger partial charge in [-0.05, 0) is 41.5 Å². The second-order valence-electron chi connectivity index (χ2n) is 4.41. The van der Waals surface area contributed by atoms with Crippen LogP contribution in [0.1, 0.15) is 13.8 Å². The van der Waals surface area contributed by atoms with Crippen molar-refractivity contribution >= 4 is 16.3 Å². The summed E-state index contributed by atoms with van der Waals surface area (Å²) in [4.78, 5) is 14.0. The quantitative estimate of drug-likeness (QED) is 0.638. The van der Waals surface area contributed by atoms with E-state index in [2.05, 4.69) is 9.35 Å². The van der Waals surface area contributed by atoms with Crippen molar-refractivity contribution in [1.82, 2.24) is 4.98 Å². The summed E-state index contributed by atoms with van der Waals surface area (Å²) in [5.74, 6) is -0.108. The van der Waals surface area contributed by atoms with Crippen molar-refractivity contribution in [2.45, 2.75) is 19.9 Å². The van der Waals surface area contributed by atoms with Gasteiger partial charge in [-0.25, -0.2) is 0 Å². The molecule has 116 valence electrons. The smallest absolute Gasteiger partial charge is 0.358 e. The first kappa shape index (κ1) is 17.4. The van der Waals surface area contributed by atoms with Crippen LogP contribution in [0.5, 0.6) is 0 Å². The minimum atomic E-state index is -2.22. The fraction of sp³-hybridized carbons (Fsp3) is 0.214. The average molecular weight is 321 g/mol. The van der Waals surface area contributed by atoms with E-state index < -0.39 is 15.4 Å². The number of hydrogen-bond donors (Lipinski definition) is 0. The Morgan fingerprint density at radius 1 is 1.14 bits per heavy atom. The summed E-state index contributed by atoms with van der Waals surface area (Å²) in [6.07, 6.45) is 1.42. The molecule has 0 spiro atoms. The Labute approximate surface area is 129 Å². The highest BCUT2D eigenvalue weighted by Crippen LogP contribution is 2.26. The summed E-state index contributed by atoms with van der Waals surface area (Å²) in [5.41, 5.74) is 1.35. The molecule has 22 heavy (non-hydrogen) atoms. The Hall–Kier alpha value is -2.61. The van der Waals surface area contributed by atoms with Gasteiger partial charge in [0.2, 0.25) is 0 Å². The van der Waals surface area contributed by atoms with Crippen LogP contribution in [0.2, 0.25) is 0 Å². The molecule has 0 bridgehead atoms. The summed E-state index contributed by atoms with van der Waals surface area (Å²) in [5, 5.41) is 10.7. The molecule has 7 nitrogen and oxygen atoms in total. The lowest BCUT2D eigenvalue weighted by Crippen LogP contribution is -1.94. The predicted octanol–water partition coefficient (Wildman–Crippen LogP) is 3.11. The van der Waals surface area contributed by atoms with E-state index in [1.54, 1.807) is 26.0 Å². The molecule has 8 heteroatoms. The molecule has 0 atom stereocenters. The van der Waals surface area contributed by atoms with E-state index in [-0.39, 0.29) is 11.9 Å². The Balaban J connectivity index is 0.000000295. The van der Waals surface area contributed by atoms with Crippen molar-refractivity contribution in [1.29, 1.82) is 0 Å². The zero-order valence-electron chi connectivity index (χ0n) is 12.1. The van der Waals surface area contributed by atoms with Gasteiger partial charge < -0.3 is 10.1 Å². The first-order valence-electron chi connectivity index (χ1n) is 6.37. The van der Waals surface area contributed by atoms with E-state index >= 15 is 0 Å². The zero-order chi connectivity index (χ0) is 16.5. The molecule has 0 fully saturated rings. The molecule has 0 amide bonds. The molecule has 1 aromatic carbocycles. The van der Waals surface area contributed by atoms with Crippen LogP contribution in [0.15, 0.2) is 53.0 Å². The Morgan fingerprint density at radius 2 is 1.77 bits per heavy atom. The second-order valence-corrected chi connectivity index (χ2v) is 5.06. The van der Waals surface area contributed by atoms with Crippen molar-refractivity contribution in [2.24, 2.45) is 4.36 Å². The van der Waals surface area contributed by atoms with E-state index in [0.717, 1.165) is 5.56 Å². The highest BCUT2D eigenvalue weighted by atomic mass is 32.2. The van der Waals surface area contributed by atoms with Crippen LogP contribution in [-0.2, 0) is 10.5 Å². The van der Waals surface area contributed by atoms with Crippen molar-refractivity contribution in [3.05, 3.63) is 58.8 Å². The van der Waals surface area contributed by atoms with E-state index in [9.17, 15) is 18.5 Å². The maximum atomic E-state index is 10.7. The Morgan fingerprint density at radius 3 is 2.23 bits per heavy atom. The third kappa shape index (κ3) is 5.80. The first-order chi connectivity index (χ1) is 10.4. The summed E-state index contributed by atoms with van der Waals surface area (Å²) in [7, 11) is -2.22.